The minimum Gasteiger partial charge on any atom is -0.393 e. The molecule has 3 heteroatoms. The van der Waals surface area contributed by atoms with Crippen LogP contribution < -0.4 is 0 Å². The minimum atomic E-state index is -0.201. The minimum absolute atomic E-state index is 0.0435. The van der Waals surface area contributed by atoms with Gasteiger partial charge in [0.25, 0.3) is 0 Å². The number of aliphatic hydroxyl groups is 1. The lowest BCUT2D eigenvalue weighted by atomic mass is 9.46. The summed E-state index contributed by atoms with van der Waals surface area (Å²) in [5.41, 5.74) is 0.168. The van der Waals surface area contributed by atoms with Crippen molar-refractivity contribution in [3.63, 3.8) is 0 Å². The van der Waals surface area contributed by atoms with E-state index in [4.69, 9.17) is 9.78 Å². The molecule has 3 nitrogen and oxygen atoms in total. The van der Waals surface area contributed by atoms with E-state index >= 15 is 0 Å². The Morgan fingerprint density at radius 1 is 0.964 bits per heavy atom. The largest absolute Gasteiger partial charge is 0.393 e. The quantitative estimate of drug-likeness (QED) is 0.487. The summed E-state index contributed by atoms with van der Waals surface area (Å²) in [6.45, 7) is 7.16. The number of fused-ring (bicyclic) bond motifs is 3. The Balaban J connectivity index is 1.36. The van der Waals surface area contributed by atoms with Crippen LogP contribution >= 0.6 is 0 Å². The van der Waals surface area contributed by atoms with Gasteiger partial charge in [-0.25, -0.2) is 9.78 Å². The van der Waals surface area contributed by atoms with Crippen molar-refractivity contribution in [1.29, 1.82) is 0 Å². The van der Waals surface area contributed by atoms with Crippen molar-refractivity contribution in [2.75, 3.05) is 0 Å². The van der Waals surface area contributed by atoms with Crippen molar-refractivity contribution in [3.8, 4) is 0 Å². The lowest BCUT2D eigenvalue weighted by Crippen LogP contribution is -2.71. The zero-order valence-electron chi connectivity index (χ0n) is 18.2. The van der Waals surface area contributed by atoms with Crippen LogP contribution in [0.15, 0.2) is 12.2 Å². The normalized spacial score (nSPS) is 52.7. The number of rotatable bonds is 4. The van der Waals surface area contributed by atoms with E-state index < -0.39 is 0 Å². The van der Waals surface area contributed by atoms with Crippen LogP contribution in [0.2, 0.25) is 0 Å². The fraction of sp³-hybridized carbons (Fsp3) is 0.920. The Kier molecular flexibility index (Phi) is 4.77. The molecule has 158 valence electrons. The molecule has 6 rings (SSSR count). The Hall–Kier alpha value is -0.380. The summed E-state index contributed by atoms with van der Waals surface area (Å²) >= 11 is 0. The standard InChI is InChI=1S/C25H40O3/c1-17(2)6-4-5-7-18-8-11-22-23(18,3)13-12-21-20-10-9-19(26)16-24(20)14-15-25(21,22)28-27-24/h4-5,17-22,26H,6-16H2,1-3H3. The number of aliphatic hydroxyl groups excluding tert-OH is 1. The maximum Gasteiger partial charge on any atom is 0.110 e. The van der Waals surface area contributed by atoms with Crippen LogP contribution in [0.5, 0.6) is 0 Å². The zero-order valence-corrected chi connectivity index (χ0v) is 18.2. The first-order valence-electron chi connectivity index (χ1n) is 12.1. The van der Waals surface area contributed by atoms with Gasteiger partial charge in [0.05, 0.1) is 6.10 Å². The molecule has 0 amide bonds. The van der Waals surface area contributed by atoms with Gasteiger partial charge in [-0.3, -0.25) is 0 Å². The fourth-order valence-corrected chi connectivity index (χ4v) is 8.39. The molecule has 1 N–H and O–H groups in total. The maximum atomic E-state index is 10.3. The highest BCUT2D eigenvalue weighted by molar-refractivity contribution is 5.18. The van der Waals surface area contributed by atoms with Crippen molar-refractivity contribution in [2.45, 2.75) is 109 Å². The van der Waals surface area contributed by atoms with E-state index in [2.05, 4.69) is 32.9 Å². The van der Waals surface area contributed by atoms with E-state index in [9.17, 15) is 5.11 Å². The van der Waals surface area contributed by atoms with Gasteiger partial charge in [-0.2, -0.15) is 0 Å². The summed E-state index contributed by atoms with van der Waals surface area (Å²) in [7, 11) is 0. The number of hydrogen-bond donors (Lipinski definition) is 1. The Morgan fingerprint density at radius 3 is 2.57 bits per heavy atom. The second kappa shape index (κ2) is 6.82. The SMILES string of the molecule is CC(C)CC=CCC1CCC2C1(C)CCC1C3CCC(O)CC34CCC12OO4. The molecule has 28 heavy (non-hydrogen) atoms. The van der Waals surface area contributed by atoms with Crippen molar-refractivity contribution >= 4 is 0 Å². The molecule has 4 aliphatic carbocycles. The molecule has 0 aromatic carbocycles. The van der Waals surface area contributed by atoms with Gasteiger partial charge in [0, 0.05) is 6.42 Å². The van der Waals surface area contributed by atoms with Crippen LogP contribution in [0.1, 0.15) is 91.4 Å². The Labute approximate surface area is 171 Å². The van der Waals surface area contributed by atoms with E-state index in [-0.39, 0.29) is 17.3 Å². The second-order valence-electron chi connectivity index (χ2n) is 11.5. The summed E-state index contributed by atoms with van der Waals surface area (Å²) in [6.07, 6.45) is 17.5. The van der Waals surface area contributed by atoms with Crippen LogP contribution in [0.25, 0.3) is 0 Å². The summed E-state index contributed by atoms with van der Waals surface area (Å²) in [4.78, 5) is 12.7. The molecule has 2 bridgehead atoms. The van der Waals surface area contributed by atoms with E-state index in [1.807, 2.05) is 0 Å². The lowest BCUT2D eigenvalue weighted by Gasteiger charge is -2.68. The molecule has 8 unspecified atom stereocenters. The van der Waals surface area contributed by atoms with Gasteiger partial charge in [-0.05, 0) is 99.2 Å². The van der Waals surface area contributed by atoms with Gasteiger partial charge in [0.15, 0.2) is 0 Å². The van der Waals surface area contributed by atoms with Gasteiger partial charge < -0.3 is 5.11 Å². The predicted molar refractivity (Wildman–Crippen MR) is 110 cm³/mol. The van der Waals surface area contributed by atoms with Crippen LogP contribution in [-0.2, 0) is 9.78 Å². The molecule has 2 aliphatic heterocycles. The van der Waals surface area contributed by atoms with Crippen molar-refractivity contribution in [2.24, 2.45) is 35.0 Å². The Morgan fingerprint density at radius 2 is 1.82 bits per heavy atom. The average Bonchev–Trinajstić information content (AvgIpc) is 3.01. The summed E-state index contributed by atoms with van der Waals surface area (Å²) in [6, 6.07) is 0. The third-order valence-electron chi connectivity index (χ3n) is 9.79. The monoisotopic (exact) mass is 388 g/mol. The van der Waals surface area contributed by atoms with Crippen LogP contribution in [-0.4, -0.2) is 22.4 Å². The van der Waals surface area contributed by atoms with Crippen molar-refractivity contribution in [3.05, 3.63) is 12.2 Å². The highest BCUT2D eigenvalue weighted by Gasteiger charge is 2.71. The van der Waals surface area contributed by atoms with Crippen LogP contribution in [0.3, 0.4) is 0 Å². The first-order valence-corrected chi connectivity index (χ1v) is 12.1. The fourth-order valence-electron chi connectivity index (χ4n) is 8.39. The number of hydrogen-bond acceptors (Lipinski definition) is 3. The molecule has 2 saturated heterocycles. The number of allylic oxidation sites excluding steroid dienone is 2. The average molecular weight is 389 g/mol. The summed E-state index contributed by atoms with van der Waals surface area (Å²) < 4.78 is 0. The lowest BCUT2D eigenvalue weighted by molar-refractivity contribution is -0.520. The van der Waals surface area contributed by atoms with E-state index in [1.165, 1.54) is 38.5 Å². The molecule has 6 aliphatic rings. The first-order chi connectivity index (χ1) is 13.4. The molecular formula is C25H40O3. The van der Waals surface area contributed by atoms with Gasteiger partial charge in [0.1, 0.15) is 11.2 Å². The topological polar surface area (TPSA) is 38.7 Å². The molecule has 8 atom stereocenters. The molecule has 4 saturated carbocycles. The molecule has 0 aromatic rings. The molecular weight excluding hydrogens is 348 g/mol. The third kappa shape index (κ3) is 2.72. The second-order valence-corrected chi connectivity index (χ2v) is 11.5. The Bertz CT molecular complexity index is 617. The van der Waals surface area contributed by atoms with Gasteiger partial charge in [-0.15, -0.1) is 0 Å². The summed E-state index contributed by atoms with van der Waals surface area (Å²) in [5.74, 6) is 3.44. The smallest absolute Gasteiger partial charge is 0.110 e. The maximum absolute atomic E-state index is 10.3. The van der Waals surface area contributed by atoms with Crippen molar-refractivity contribution in [1.82, 2.24) is 0 Å². The molecule has 2 spiro atoms. The molecule has 2 heterocycles. The van der Waals surface area contributed by atoms with Gasteiger partial charge in [0.2, 0.25) is 0 Å². The first kappa shape index (κ1) is 19.6. The van der Waals surface area contributed by atoms with Crippen LogP contribution in [0.4, 0.5) is 0 Å². The summed E-state index contributed by atoms with van der Waals surface area (Å²) in [5, 5.41) is 10.3. The molecule has 0 radical (unpaired) electrons. The molecule has 6 fully saturated rings. The van der Waals surface area contributed by atoms with Crippen molar-refractivity contribution < 1.29 is 14.9 Å². The van der Waals surface area contributed by atoms with E-state index in [1.54, 1.807) is 0 Å². The third-order valence-corrected chi connectivity index (χ3v) is 9.79. The molecule has 0 aromatic heterocycles. The van der Waals surface area contributed by atoms with Gasteiger partial charge >= 0.3 is 0 Å². The zero-order chi connectivity index (χ0) is 19.6. The van der Waals surface area contributed by atoms with E-state index in [0.717, 1.165) is 43.9 Å². The highest BCUT2D eigenvalue weighted by Crippen LogP contribution is 2.70. The predicted octanol–water partition coefficient (Wildman–Crippen LogP) is 5.82. The van der Waals surface area contributed by atoms with Gasteiger partial charge in [-0.1, -0.05) is 32.9 Å². The van der Waals surface area contributed by atoms with E-state index in [0.29, 0.717) is 23.2 Å². The van der Waals surface area contributed by atoms with Crippen LogP contribution in [0, 0.1) is 35.0 Å². The highest BCUT2D eigenvalue weighted by atomic mass is 17.2.